The molecule has 0 fully saturated rings. The molecule has 11 aromatic rings. The van der Waals surface area contributed by atoms with Crippen molar-refractivity contribution in [1.29, 1.82) is 0 Å². The predicted molar refractivity (Wildman–Crippen MR) is 225 cm³/mol. The predicted octanol–water partition coefficient (Wildman–Crippen LogP) is 10.3. The van der Waals surface area contributed by atoms with Crippen molar-refractivity contribution in [3.63, 3.8) is 0 Å². The Bertz CT molecular complexity index is 3090. The first-order chi connectivity index (χ1) is 28.3. The van der Waals surface area contributed by atoms with Crippen LogP contribution in [-0.2, 0) is 5.41 Å². The molecule has 0 unspecified atom stereocenters. The lowest BCUT2D eigenvalue weighted by Gasteiger charge is -2.34. The van der Waals surface area contributed by atoms with E-state index in [9.17, 15) is 0 Å². The van der Waals surface area contributed by atoms with E-state index in [0.29, 0.717) is 29.0 Å². The summed E-state index contributed by atoms with van der Waals surface area (Å²) >= 11 is 0. The third-order valence-electron chi connectivity index (χ3n) is 11.4. The lowest BCUT2D eigenvalue weighted by Crippen LogP contribution is -2.28. The van der Waals surface area contributed by atoms with Gasteiger partial charge in [-0.05, 0) is 81.9 Å². The van der Waals surface area contributed by atoms with Gasteiger partial charge in [0.2, 0.25) is 11.9 Å². The molecule has 0 amide bonds. The number of nitrogens with zero attached hydrogens (tertiary/aromatic N) is 8. The number of benzene rings is 5. The van der Waals surface area contributed by atoms with E-state index < -0.39 is 5.41 Å². The molecule has 12 rings (SSSR count). The summed E-state index contributed by atoms with van der Waals surface area (Å²) in [6.45, 7) is 0. The number of hydrogen-bond donors (Lipinski definition) is 0. The lowest BCUT2D eigenvalue weighted by molar-refractivity contribution is 0.768. The molecule has 0 atom stereocenters. The number of para-hydroxylation sites is 1. The highest BCUT2D eigenvalue weighted by atomic mass is 15.3. The van der Waals surface area contributed by atoms with Crippen molar-refractivity contribution in [3.8, 4) is 34.4 Å². The zero-order valence-corrected chi connectivity index (χ0v) is 30.4. The largest absolute Gasteiger partial charge is 0.262 e. The summed E-state index contributed by atoms with van der Waals surface area (Å²) in [5, 5.41) is 4.01. The Labute approximate surface area is 326 Å². The summed E-state index contributed by atoms with van der Waals surface area (Å²) in [7, 11) is 0. The second-order valence-electron chi connectivity index (χ2n) is 14.4. The number of hydrogen-bond acceptors (Lipinski definition) is 6. The van der Waals surface area contributed by atoms with Gasteiger partial charge < -0.3 is 0 Å². The molecule has 0 spiro atoms. The minimum absolute atomic E-state index is 0.412. The van der Waals surface area contributed by atoms with Gasteiger partial charge in [-0.25, -0.2) is 19.5 Å². The van der Waals surface area contributed by atoms with Gasteiger partial charge in [0.15, 0.2) is 5.82 Å². The van der Waals surface area contributed by atoms with E-state index in [0.717, 1.165) is 38.3 Å². The summed E-state index contributed by atoms with van der Waals surface area (Å²) in [5.74, 6) is 1.38. The topological polar surface area (TPSA) is 87.2 Å². The smallest absolute Gasteiger partial charge is 0.242 e. The Morgan fingerprint density at radius 3 is 1.56 bits per heavy atom. The maximum absolute atomic E-state index is 5.33. The molecule has 5 aromatic carbocycles. The fourth-order valence-corrected chi connectivity index (χ4v) is 9.13. The monoisotopic (exact) mass is 730 g/mol. The van der Waals surface area contributed by atoms with E-state index in [4.69, 9.17) is 29.9 Å². The maximum Gasteiger partial charge on any atom is 0.242 e. The van der Waals surface area contributed by atoms with E-state index in [1.807, 2.05) is 45.7 Å². The van der Waals surface area contributed by atoms with Gasteiger partial charge >= 0.3 is 0 Å². The third kappa shape index (κ3) is 4.43. The van der Waals surface area contributed by atoms with Crippen LogP contribution in [0.1, 0.15) is 22.3 Å². The first-order valence-corrected chi connectivity index (χ1v) is 19.0. The Hall–Kier alpha value is -7.84. The zero-order chi connectivity index (χ0) is 37.5. The van der Waals surface area contributed by atoms with Crippen LogP contribution in [0.2, 0.25) is 0 Å². The Balaban J connectivity index is 1.18. The molecule has 0 aliphatic heterocycles. The van der Waals surface area contributed by atoms with Crippen LogP contribution in [0.5, 0.6) is 0 Å². The Kier molecular flexibility index (Phi) is 6.68. The average molecular weight is 731 g/mol. The van der Waals surface area contributed by atoms with Crippen molar-refractivity contribution >= 4 is 44.0 Å². The molecular weight excluding hydrogens is 701 g/mol. The molecule has 266 valence electrons. The number of pyridine rings is 3. The highest BCUT2D eigenvalue weighted by Crippen LogP contribution is 2.56. The second-order valence-corrected chi connectivity index (χ2v) is 14.4. The van der Waals surface area contributed by atoms with E-state index in [-0.39, 0.29) is 0 Å². The molecule has 8 heteroatoms. The minimum atomic E-state index is -0.583. The molecular formula is C49H30N8. The van der Waals surface area contributed by atoms with Crippen molar-refractivity contribution in [2.24, 2.45) is 0 Å². The second kappa shape index (κ2) is 12.1. The number of rotatable bonds is 5. The fraction of sp³-hybridized carbons (Fsp3) is 0.0204. The molecule has 6 heterocycles. The zero-order valence-electron chi connectivity index (χ0n) is 30.4. The van der Waals surface area contributed by atoms with Crippen LogP contribution in [-0.4, -0.2) is 39.0 Å². The summed E-state index contributed by atoms with van der Waals surface area (Å²) in [5.41, 5.74) is 10.6. The van der Waals surface area contributed by atoms with Gasteiger partial charge in [-0.3, -0.25) is 4.57 Å². The quantitative estimate of drug-likeness (QED) is 0.175. The van der Waals surface area contributed by atoms with E-state index in [1.54, 1.807) is 12.4 Å². The van der Waals surface area contributed by atoms with Gasteiger partial charge in [0, 0.05) is 45.7 Å². The van der Waals surface area contributed by atoms with Crippen molar-refractivity contribution < 1.29 is 0 Å². The SMILES string of the molecule is c1ccc(C2(c3ccccc3)c3ccccc3-c3ccc(-c4nc(-n5c6ccccc6c6cccnc65)nc(-n5c6ncccc6c6cccnc65)n4)cc32)cc1. The number of aromatic nitrogens is 8. The number of fused-ring (bicyclic) bond motifs is 9. The lowest BCUT2D eigenvalue weighted by atomic mass is 9.67. The standard InChI is InChI=1S/C49H30N8/c1-3-14-32(15-4-1)49(33-16-5-2-6-17-33)40-23-9-7-18-34(40)35-26-25-31(30-41(35)49)43-53-47(56-42-24-10-8-19-36(42)37-20-11-27-50-44(37)56)55-48(54-43)57-45-38(21-12-28-51-45)39-22-13-29-52-46(39)57/h1-30H. The molecule has 6 aromatic heterocycles. The van der Waals surface area contributed by atoms with Gasteiger partial charge in [-0.15, -0.1) is 0 Å². The first-order valence-electron chi connectivity index (χ1n) is 19.0. The summed E-state index contributed by atoms with van der Waals surface area (Å²) in [6, 6.07) is 57.4. The molecule has 0 saturated heterocycles. The molecule has 0 bridgehead atoms. The average Bonchev–Trinajstić information content (AvgIpc) is 3.91. The Morgan fingerprint density at radius 1 is 0.386 bits per heavy atom. The van der Waals surface area contributed by atoms with Gasteiger partial charge in [0.25, 0.3) is 0 Å². The Morgan fingerprint density at radius 2 is 0.895 bits per heavy atom. The van der Waals surface area contributed by atoms with Gasteiger partial charge in [0.05, 0.1) is 10.9 Å². The van der Waals surface area contributed by atoms with E-state index in [2.05, 4.69) is 133 Å². The molecule has 0 radical (unpaired) electrons. The third-order valence-corrected chi connectivity index (χ3v) is 11.4. The van der Waals surface area contributed by atoms with E-state index >= 15 is 0 Å². The van der Waals surface area contributed by atoms with Crippen LogP contribution >= 0.6 is 0 Å². The van der Waals surface area contributed by atoms with Crippen molar-refractivity contribution in [1.82, 2.24) is 39.0 Å². The van der Waals surface area contributed by atoms with Crippen LogP contribution in [0.15, 0.2) is 182 Å². The molecule has 0 saturated carbocycles. The minimum Gasteiger partial charge on any atom is -0.262 e. The molecule has 57 heavy (non-hydrogen) atoms. The van der Waals surface area contributed by atoms with Crippen molar-refractivity contribution in [2.45, 2.75) is 5.41 Å². The van der Waals surface area contributed by atoms with Crippen LogP contribution in [0.4, 0.5) is 0 Å². The van der Waals surface area contributed by atoms with Gasteiger partial charge in [-0.2, -0.15) is 15.0 Å². The van der Waals surface area contributed by atoms with Crippen LogP contribution in [0, 0.1) is 0 Å². The summed E-state index contributed by atoms with van der Waals surface area (Å²) in [4.78, 5) is 30.5. The highest BCUT2D eigenvalue weighted by molar-refractivity contribution is 6.08. The van der Waals surface area contributed by atoms with Crippen molar-refractivity contribution in [2.75, 3.05) is 0 Å². The summed E-state index contributed by atoms with van der Waals surface area (Å²) in [6.07, 6.45) is 5.40. The van der Waals surface area contributed by atoms with Crippen LogP contribution in [0.25, 0.3) is 78.4 Å². The molecule has 8 nitrogen and oxygen atoms in total. The highest BCUT2D eigenvalue weighted by Gasteiger charge is 2.46. The van der Waals surface area contributed by atoms with Crippen LogP contribution < -0.4 is 0 Å². The molecule has 1 aliphatic rings. The summed E-state index contributed by atoms with van der Waals surface area (Å²) < 4.78 is 3.98. The molecule has 0 N–H and O–H groups in total. The fourth-order valence-electron chi connectivity index (χ4n) is 9.13. The first kappa shape index (κ1) is 31.5. The van der Waals surface area contributed by atoms with Crippen LogP contribution in [0.3, 0.4) is 0 Å². The van der Waals surface area contributed by atoms with Gasteiger partial charge in [-0.1, -0.05) is 115 Å². The van der Waals surface area contributed by atoms with Crippen molar-refractivity contribution in [3.05, 3.63) is 205 Å². The maximum atomic E-state index is 5.33. The van der Waals surface area contributed by atoms with E-state index in [1.165, 1.54) is 33.4 Å². The van der Waals surface area contributed by atoms with Gasteiger partial charge in [0.1, 0.15) is 16.9 Å². The normalized spacial score (nSPS) is 13.1. The molecule has 1 aliphatic carbocycles.